The number of carboxylic acid groups (broad SMARTS) is 2. The van der Waals surface area contributed by atoms with E-state index in [-0.39, 0.29) is 45.6 Å². The molecular weight excluding hydrogens is 861 g/mol. The number of hydroxylamine groups is 4. The number of urea groups is 2. The number of aryl methyl sites for hydroxylation is 2. The van der Waals surface area contributed by atoms with E-state index in [2.05, 4.69) is 10.6 Å². The summed E-state index contributed by atoms with van der Waals surface area (Å²) in [6.07, 6.45) is 1.81. The van der Waals surface area contributed by atoms with E-state index in [9.17, 15) is 34.0 Å². The smallest absolute Gasteiger partial charge is 0.342 e. The average molecular weight is 919 g/mol. The lowest BCUT2D eigenvalue weighted by atomic mass is 10.1. The Hall–Kier alpha value is -7.56. The van der Waals surface area contributed by atoms with Crippen molar-refractivity contribution in [2.24, 2.45) is 0 Å². The summed E-state index contributed by atoms with van der Waals surface area (Å²) in [7, 11) is 0. The zero-order chi connectivity index (χ0) is 48.1. The van der Waals surface area contributed by atoms with Gasteiger partial charge in [-0.25, -0.2) is 29.3 Å². The van der Waals surface area contributed by atoms with E-state index in [1.807, 2.05) is 152 Å². The van der Waals surface area contributed by atoms with Crippen molar-refractivity contribution in [3.63, 3.8) is 0 Å². The molecule has 0 bridgehead atoms. The molecule has 5 N–H and O–H groups in total. The standard InChI is InChI=1S/C36H38N2O6.C15H20N2O6/c39-34(42-26-30-16-7-2-8-17-30)24-23-33(35(40)43-27-31-18-9-3-10-19-31)37-36(41)38(44-28-32-20-11-4-12-21-32)25-13-22-29-14-5-1-6-15-29;18-13(19)9-8-12(14(20)21)16-15(22)17(23)10-4-7-11-5-2-1-3-6-11/h1-12,14-21,33H,13,22-28H2,(H,37,41);1-3,5-6,12,23H,4,7-10H2,(H,16,22)(H,18,19)(H,20,21)/t33-;12-/m00/s1. The van der Waals surface area contributed by atoms with E-state index >= 15 is 0 Å². The molecule has 5 aromatic rings. The number of aliphatic carboxylic acids is 2. The molecule has 2 atom stereocenters. The summed E-state index contributed by atoms with van der Waals surface area (Å²) in [5, 5.41) is 33.6. The lowest BCUT2D eigenvalue weighted by molar-refractivity contribution is -0.150. The first kappa shape index (κ1) is 52.1. The van der Waals surface area contributed by atoms with Crippen LogP contribution in [0.25, 0.3) is 0 Å². The van der Waals surface area contributed by atoms with Crippen LogP contribution in [-0.4, -0.2) is 86.7 Å². The minimum absolute atomic E-state index is 0.00350. The molecule has 0 unspecified atom stereocenters. The number of esters is 2. The molecule has 5 aromatic carbocycles. The second-order valence-electron chi connectivity index (χ2n) is 15.2. The zero-order valence-corrected chi connectivity index (χ0v) is 37.2. The van der Waals surface area contributed by atoms with Gasteiger partial charge in [-0.05, 0) is 66.3 Å². The highest BCUT2D eigenvalue weighted by atomic mass is 16.7. The van der Waals surface area contributed by atoms with Crippen molar-refractivity contribution in [1.29, 1.82) is 0 Å². The summed E-state index contributed by atoms with van der Waals surface area (Å²) in [4.78, 5) is 78.3. The summed E-state index contributed by atoms with van der Waals surface area (Å²) in [5.41, 5.74) is 4.77. The molecule has 0 aliphatic heterocycles. The van der Waals surface area contributed by atoms with Gasteiger partial charge in [0.2, 0.25) is 0 Å². The molecule has 16 heteroatoms. The maximum Gasteiger partial charge on any atom is 0.342 e. The number of carbonyl (C=O) groups is 6. The van der Waals surface area contributed by atoms with Gasteiger partial charge in [0.15, 0.2) is 0 Å². The van der Waals surface area contributed by atoms with Crippen LogP contribution in [0.1, 0.15) is 66.3 Å². The third-order valence-electron chi connectivity index (χ3n) is 9.97. The molecular formula is C51H58N4O12. The number of carboxylic acids is 2. The largest absolute Gasteiger partial charge is 0.481 e. The summed E-state index contributed by atoms with van der Waals surface area (Å²) >= 11 is 0. The van der Waals surface area contributed by atoms with Crippen LogP contribution in [0.2, 0.25) is 0 Å². The van der Waals surface area contributed by atoms with Crippen LogP contribution >= 0.6 is 0 Å². The number of carbonyl (C=O) groups excluding carboxylic acids is 4. The first-order valence-corrected chi connectivity index (χ1v) is 21.9. The highest BCUT2D eigenvalue weighted by Crippen LogP contribution is 2.12. The average Bonchev–Trinajstić information content (AvgIpc) is 3.35. The van der Waals surface area contributed by atoms with Gasteiger partial charge in [0.05, 0.1) is 13.1 Å². The van der Waals surface area contributed by atoms with Crippen LogP contribution in [0.4, 0.5) is 9.59 Å². The van der Waals surface area contributed by atoms with Crippen LogP contribution in [0.5, 0.6) is 0 Å². The van der Waals surface area contributed by atoms with Crippen LogP contribution in [-0.2, 0) is 66.2 Å². The van der Waals surface area contributed by atoms with Crippen LogP contribution in [0.3, 0.4) is 0 Å². The van der Waals surface area contributed by atoms with Crippen molar-refractivity contribution in [2.45, 2.75) is 83.3 Å². The van der Waals surface area contributed by atoms with Crippen molar-refractivity contribution < 1.29 is 58.5 Å². The predicted molar refractivity (Wildman–Crippen MR) is 247 cm³/mol. The summed E-state index contributed by atoms with van der Waals surface area (Å²) < 4.78 is 10.9. The Balaban J connectivity index is 0.000000359. The van der Waals surface area contributed by atoms with Crippen LogP contribution in [0.15, 0.2) is 152 Å². The molecule has 67 heavy (non-hydrogen) atoms. The topological polar surface area (TPSA) is 221 Å². The molecule has 0 radical (unpaired) electrons. The predicted octanol–water partition coefficient (Wildman–Crippen LogP) is 7.74. The van der Waals surface area contributed by atoms with Gasteiger partial charge in [-0.1, -0.05) is 152 Å². The first-order valence-electron chi connectivity index (χ1n) is 21.9. The lowest BCUT2D eigenvalue weighted by Crippen LogP contribution is -2.49. The quantitative estimate of drug-likeness (QED) is 0.0216. The minimum Gasteiger partial charge on any atom is -0.481 e. The van der Waals surface area contributed by atoms with E-state index < -0.39 is 54.4 Å². The molecule has 0 aliphatic rings. The summed E-state index contributed by atoms with van der Waals surface area (Å²) in [6.45, 7) is 0.659. The Morgan fingerprint density at radius 3 is 1.39 bits per heavy atom. The van der Waals surface area contributed by atoms with E-state index in [1.54, 1.807) is 0 Å². The van der Waals surface area contributed by atoms with Gasteiger partial charge in [-0.3, -0.25) is 19.6 Å². The maximum absolute atomic E-state index is 13.5. The van der Waals surface area contributed by atoms with Crippen molar-refractivity contribution in [1.82, 2.24) is 20.8 Å². The normalized spacial score (nSPS) is 11.4. The molecule has 0 aliphatic carbocycles. The van der Waals surface area contributed by atoms with Crippen molar-refractivity contribution in [3.8, 4) is 0 Å². The van der Waals surface area contributed by atoms with Crippen molar-refractivity contribution in [2.75, 3.05) is 13.1 Å². The van der Waals surface area contributed by atoms with Gasteiger partial charge < -0.3 is 30.3 Å². The number of nitrogens with one attached hydrogen (secondary N) is 2. The second-order valence-corrected chi connectivity index (χ2v) is 15.2. The third kappa shape index (κ3) is 21.3. The summed E-state index contributed by atoms with van der Waals surface area (Å²) in [6, 6.07) is 43.6. The number of hydrogen-bond donors (Lipinski definition) is 5. The Kier molecular flexibility index (Phi) is 23.2. The van der Waals surface area contributed by atoms with Gasteiger partial charge in [-0.15, -0.1) is 0 Å². The highest BCUT2D eigenvalue weighted by molar-refractivity contribution is 5.84. The summed E-state index contributed by atoms with van der Waals surface area (Å²) in [5.74, 6) is -3.64. The Bertz CT molecular complexity index is 2240. The molecule has 354 valence electrons. The van der Waals surface area contributed by atoms with E-state index in [1.165, 1.54) is 5.06 Å². The van der Waals surface area contributed by atoms with Gasteiger partial charge >= 0.3 is 35.9 Å². The van der Waals surface area contributed by atoms with E-state index in [4.69, 9.17) is 24.5 Å². The number of rotatable bonds is 25. The lowest BCUT2D eigenvalue weighted by Gasteiger charge is -2.25. The molecule has 0 saturated carbocycles. The molecule has 0 heterocycles. The monoisotopic (exact) mass is 918 g/mol. The van der Waals surface area contributed by atoms with E-state index in [0.717, 1.165) is 34.2 Å². The molecule has 16 nitrogen and oxygen atoms in total. The molecule has 0 fully saturated rings. The minimum atomic E-state index is -1.36. The molecule has 0 saturated heterocycles. The SMILES string of the molecule is O=C(CC[C@H](NC(=O)N(CCCc1ccccc1)OCc1ccccc1)C(=O)OCc1ccccc1)OCc1ccccc1.O=C(O)CC[C@H](NC(=O)N(O)CCCc1ccccc1)C(=O)O. The fourth-order valence-electron chi connectivity index (χ4n) is 6.32. The van der Waals surface area contributed by atoms with Crippen molar-refractivity contribution in [3.05, 3.63) is 179 Å². The first-order chi connectivity index (χ1) is 32.5. The third-order valence-corrected chi connectivity index (χ3v) is 9.97. The Labute approximate surface area is 390 Å². The fraction of sp³-hybridized carbons (Fsp3) is 0.294. The fourth-order valence-corrected chi connectivity index (χ4v) is 6.32. The number of amides is 4. The number of benzene rings is 5. The number of hydrogen-bond acceptors (Lipinski definition) is 10. The highest BCUT2D eigenvalue weighted by Gasteiger charge is 2.27. The number of ether oxygens (including phenoxy) is 2. The Morgan fingerprint density at radius 2 is 0.910 bits per heavy atom. The van der Waals surface area contributed by atoms with Crippen LogP contribution in [0, 0.1) is 0 Å². The maximum atomic E-state index is 13.5. The second kappa shape index (κ2) is 29.8. The van der Waals surface area contributed by atoms with E-state index in [0.29, 0.717) is 30.9 Å². The van der Waals surface area contributed by atoms with Crippen molar-refractivity contribution >= 4 is 35.9 Å². The number of nitrogens with zero attached hydrogens (tertiary/aromatic N) is 2. The van der Waals surface area contributed by atoms with Gasteiger partial charge in [0.25, 0.3) is 0 Å². The van der Waals surface area contributed by atoms with Gasteiger partial charge in [0.1, 0.15) is 31.9 Å². The zero-order valence-electron chi connectivity index (χ0n) is 37.2. The molecule has 0 aromatic heterocycles. The molecule has 0 spiro atoms. The van der Waals surface area contributed by atoms with Gasteiger partial charge in [-0.2, -0.15) is 0 Å². The Morgan fingerprint density at radius 1 is 0.493 bits per heavy atom. The van der Waals surface area contributed by atoms with Crippen LogP contribution < -0.4 is 10.6 Å². The van der Waals surface area contributed by atoms with Gasteiger partial charge in [0, 0.05) is 12.8 Å². The molecule has 4 amide bonds. The molecule has 5 rings (SSSR count).